The fourth-order valence-corrected chi connectivity index (χ4v) is 3.75. The smallest absolute Gasteiger partial charge is 0.151 e. The quantitative estimate of drug-likeness (QED) is 0.559. The lowest BCUT2D eigenvalue weighted by molar-refractivity contribution is 0.0694. The molecule has 0 bridgehead atoms. The minimum atomic E-state index is 0.280. The topological polar surface area (TPSA) is 53.1 Å². The third kappa shape index (κ3) is 2.88. The summed E-state index contributed by atoms with van der Waals surface area (Å²) < 4.78 is 0. The van der Waals surface area contributed by atoms with Gasteiger partial charge in [-0.1, -0.05) is 18.2 Å². The van der Waals surface area contributed by atoms with Gasteiger partial charge in [-0.25, -0.2) is 0 Å². The second-order valence-corrected chi connectivity index (χ2v) is 5.74. The molecule has 0 saturated carbocycles. The molecule has 2 rings (SSSR count). The van der Waals surface area contributed by atoms with Gasteiger partial charge in [0.2, 0.25) is 0 Å². The Morgan fingerprint density at radius 2 is 2.07 bits per heavy atom. The van der Waals surface area contributed by atoms with Crippen LogP contribution in [0.2, 0.25) is 0 Å². The molecule has 0 aromatic heterocycles. The molecule has 4 heteroatoms. The molecule has 2 atom stereocenters. The highest BCUT2D eigenvalue weighted by atomic mass is 32.2. The number of piperidine rings is 2. The minimum absolute atomic E-state index is 0.280. The van der Waals surface area contributed by atoms with Crippen molar-refractivity contribution in [3.63, 3.8) is 0 Å². The van der Waals surface area contributed by atoms with E-state index < -0.39 is 0 Å². The average molecular weight is 227 g/mol. The van der Waals surface area contributed by atoms with E-state index in [-0.39, 0.29) is 5.17 Å². The molecular weight excluding hydrogens is 206 g/mol. The van der Waals surface area contributed by atoms with Crippen molar-refractivity contribution in [1.82, 2.24) is 4.90 Å². The fourth-order valence-electron chi connectivity index (χ4n) is 2.97. The largest absolute Gasteiger partial charge is 0.379 e. The summed E-state index contributed by atoms with van der Waals surface area (Å²) in [5, 5.41) is 7.55. The number of nitrogens with two attached hydrogens (primary N) is 1. The molecule has 0 spiro atoms. The molecule has 2 aliphatic heterocycles. The zero-order valence-electron chi connectivity index (χ0n) is 9.24. The fraction of sp³-hybridized carbons (Fsp3) is 0.909. The van der Waals surface area contributed by atoms with Gasteiger partial charge in [0.25, 0.3) is 0 Å². The van der Waals surface area contributed by atoms with E-state index in [1.165, 1.54) is 57.0 Å². The van der Waals surface area contributed by atoms with Crippen LogP contribution < -0.4 is 5.73 Å². The highest BCUT2D eigenvalue weighted by Crippen LogP contribution is 2.32. The summed E-state index contributed by atoms with van der Waals surface area (Å²) in [7, 11) is 0. The predicted octanol–water partition coefficient (Wildman–Crippen LogP) is 1.88. The van der Waals surface area contributed by atoms with Gasteiger partial charge in [0.05, 0.1) is 0 Å². The minimum Gasteiger partial charge on any atom is -0.379 e. The lowest BCUT2D eigenvalue weighted by Gasteiger charge is -2.44. The highest BCUT2D eigenvalue weighted by Gasteiger charge is 2.32. The Hall–Kier alpha value is -0.220. The highest BCUT2D eigenvalue weighted by molar-refractivity contribution is 8.13. The summed E-state index contributed by atoms with van der Waals surface area (Å²) >= 11 is 1.53. The molecule has 86 valence electrons. The van der Waals surface area contributed by atoms with Gasteiger partial charge in [0.15, 0.2) is 5.17 Å². The Labute approximate surface area is 96.3 Å². The predicted molar refractivity (Wildman–Crippen MR) is 66.3 cm³/mol. The van der Waals surface area contributed by atoms with Crippen LogP contribution in [0.5, 0.6) is 0 Å². The maximum Gasteiger partial charge on any atom is 0.151 e. The van der Waals surface area contributed by atoms with Gasteiger partial charge in [-0.15, -0.1) is 0 Å². The van der Waals surface area contributed by atoms with Gasteiger partial charge in [-0.05, 0) is 44.7 Å². The number of hydrogen-bond acceptors (Lipinski definition) is 3. The number of thioether (sulfide) groups is 1. The first kappa shape index (κ1) is 11.3. The first-order valence-corrected chi connectivity index (χ1v) is 6.97. The summed E-state index contributed by atoms with van der Waals surface area (Å²) in [6, 6.07) is 0.791. The van der Waals surface area contributed by atoms with Gasteiger partial charge in [0, 0.05) is 11.8 Å². The molecular formula is C11H21N3S. The molecule has 2 saturated heterocycles. The van der Waals surface area contributed by atoms with Crippen LogP contribution in [-0.4, -0.2) is 35.0 Å². The first-order valence-electron chi connectivity index (χ1n) is 5.98. The van der Waals surface area contributed by atoms with Crippen molar-refractivity contribution in [3.8, 4) is 0 Å². The van der Waals surface area contributed by atoms with E-state index >= 15 is 0 Å². The lowest BCUT2D eigenvalue weighted by atomic mass is 9.85. The van der Waals surface area contributed by atoms with E-state index in [4.69, 9.17) is 11.1 Å². The summed E-state index contributed by atoms with van der Waals surface area (Å²) in [6.45, 7) is 2.60. The first-order chi connectivity index (χ1) is 7.27. The van der Waals surface area contributed by atoms with E-state index in [2.05, 4.69) is 4.90 Å². The average Bonchev–Trinajstić information content (AvgIpc) is 2.26. The third-order valence-electron chi connectivity index (χ3n) is 3.68. The van der Waals surface area contributed by atoms with Gasteiger partial charge >= 0.3 is 0 Å². The Morgan fingerprint density at radius 1 is 1.27 bits per heavy atom. The second kappa shape index (κ2) is 5.21. The van der Waals surface area contributed by atoms with E-state index in [1.54, 1.807) is 0 Å². The number of hydrogen-bond donors (Lipinski definition) is 2. The van der Waals surface area contributed by atoms with Crippen molar-refractivity contribution in [2.45, 2.75) is 38.1 Å². The van der Waals surface area contributed by atoms with Crippen LogP contribution in [0.25, 0.3) is 0 Å². The number of nitrogens with one attached hydrogen (secondary N) is 1. The van der Waals surface area contributed by atoms with Crippen LogP contribution >= 0.6 is 11.8 Å². The monoisotopic (exact) mass is 227 g/mol. The number of fused-ring (bicyclic) bond motifs is 1. The standard InChI is InChI=1S/C11H21N3S/c12-11(13)15-8-9-4-3-7-14-6-2-1-5-10(9)14/h9-10H,1-8H2,(H3,12,13). The van der Waals surface area contributed by atoms with Crippen molar-refractivity contribution < 1.29 is 0 Å². The van der Waals surface area contributed by atoms with Crippen LogP contribution in [0.15, 0.2) is 0 Å². The van der Waals surface area contributed by atoms with Crippen LogP contribution in [0.4, 0.5) is 0 Å². The summed E-state index contributed by atoms with van der Waals surface area (Å²) in [5.74, 6) is 1.82. The van der Waals surface area contributed by atoms with Crippen molar-refractivity contribution in [2.24, 2.45) is 11.7 Å². The van der Waals surface area contributed by atoms with Crippen LogP contribution in [0.3, 0.4) is 0 Å². The second-order valence-electron chi connectivity index (χ2n) is 4.68. The molecule has 0 aromatic carbocycles. The molecule has 0 amide bonds. The Kier molecular flexibility index (Phi) is 3.92. The van der Waals surface area contributed by atoms with Crippen LogP contribution in [-0.2, 0) is 0 Å². The van der Waals surface area contributed by atoms with E-state index in [0.29, 0.717) is 0 Å². The maximum absolute atomic E-state index is 7.27. The van der Waals surface area contributed by atoms with Crippen LogP contribution in [0, 0.1) is 11.3 Å². The van der Waals surface area contributed by atoms with Gasteiger partial charge in [-0.3, -0.25) is 5.41 Å². The van der Waals surface area contributed by atoms with Gasteiger partial charge in [-0.2, -0.15) is 0 Å². The maximum atomic E-state index is 7.27. The van der Waals surface area contributed by atoms with Crippen molar-refractivity contribution in [3.05, 3.63) is 0 Å². The normalized spacial score (nSPS) is 32.3. The van der Waals surface area contributed by atoms with Crippen LogP contribution in [0.1, 0.15) is 32.1 Å². The van der Waals surface area contributed by atoms with E-state index in [9.17, 15) is 0 Å². The Balaban J connectivity index is 1.88. The Bertz CT molecular complexity index is 230. The third-order valence-corrected chi connectivity index (χ3v) is 4.59. The summed E-state index contributed by atoms with van der Waals surface area (Å²) in [6.07, 6.45) is 6.80. The molecule has 0 aromatic rings. The summed E-state index contributed by atoms with van der Waals surface area (Å²) in [4.78, 5) is 2.67. The SMILES string of the molecule is N=C(N)SCC1CCCN2CCCCC12. The van der Waals surface area contributed by atoms with Gasteiger partial charge in [0.1, 0.15) is 0 Å². The molecule has 0 radical (unpaired) electrons. The number of nitrogens with zero attached hydrogens (tertiary/aromatic N) is 1. The zero-order valence-corrected chi connectivity index (χ0v) is 10.1. The molecule has 2 heterocycles. The molecule has 0 aliphatic carbocycles. The van der Waals surface area contributed by atoms with Gasteiger partial charge < -0.3 is 10.6 Å². The van der Waals surface area contributed by atoms with E-state index in [1.807, 2.05) is 0 Å². The van der Waals surface area contributed by atoms with Crippen molar-refractivity contribution >= 4 is 16.9 Å². The molecule has 3 N–H and O–H groups in total. The zero-order chi connectivity index (χ0) is 10.7. The van der Waals surface area contributed by atoms with Crippen molar-refractivity contribution in [2.75, 3.05) is 18.8 Å². The summed E-state index contributed by atoms with van der Waals surface area (Å²) in [5.41, 5.74) is 5.41. The molecule has 3 nitrogen and oxygen atoms in total. The molecule has 2 aliphatic rings. The molecule has 15 heavy (non-hydrogen) atoms. The number of amidine groups is 1. The number of rotatable bonds is 2. The lowest BCUT2D eigenvalue weighted by Crippen LogP contribution is -2.48. The van der Waals surface area contributed by atoms with Crippen molar-refractivity contribution in [1.29, 1.82) is 5.41 Å². The van der Waals surface area contributed by atoms with E-state index in [0.717, 1.165) is 17.7 Å². The Morgan fingerprint density at radius 3 is 2.87 bits per heavy atom. The molecule has 2 fully saturated rings. The molecule has 2 unspecified atom stereocenters.